The van der Waals surface area contributed by atoms with E-state index >= 15 is 0 Å². The number of dihydropyridines is 1. The maximum absolute atomic E-state index is 12.3. The second kappa shape index (κ2) is 5.49. The Balaban J connectivity index is 1.95. The Morgan fingerprint density at radius 3 is 2.92 bits per heavy atom. The van der Waals surface area contributed by atoms with Crippen molar-refractivity contribution < 1.29 is 9.53 Å². The molecular weight excluding hydrogens is 316 g/mol. The minimum absolute atomic E-state index is 0.149. The van der Waals surface area contributed by atoms with Gasteiger partial charge in [-0.3, -0.25) is 5.10 Å². The highest BCUT2D eigenvalue weighted by Crippen LogP contribution is 2.43. The predicted molar refractivity (Wildman–Crippen MR) is 93.2 cm³/mol. The lowest BCUT2D eigenvalue weighted by molar-refractivity contribution is -0.136. The zero-order valence-electron chi connectivity index (χ0n) is 14.3. The fourth-order valence-electron chi connectivity index (χ4n) is 3.56. The molecule has 4 rings (SSSR count). The van der Waals surface area contributed by atoms with Crippen molar-refractivity contribution in [2.45, 2.75) is 26.7 Å². The molecule has 6 nitrogen and oxygen atoms in total. The van der Waals surface area contributed by atoms with E-state index in [9.17, 15) is 4.79 Å². The van der Waals surface area contributed by atoms with Crippen LogP contribution in [0, 0.1) is 19.4 Å². The van der Waals surface area contributed by atoms with Crippen LogP contribution in [0.3, 0.4) is 0 Å². The Bertz CT molecular complexity index is 1000. The minimum atomic E-state index is -0.403. The first-order valence-electron chi connectivity index (χ1n) is 8.24. The van der Waals surface area contributed by atoms with Crippen molar-refractivity contribution in [2.24, 2.45) is 5.92 Å². The Hall–Kier alpha value is -3.07. The average molecular weight is 334 g/mol. The molecule has 3 heterocycles. The predicted octanol–water partition coefficient (Wildman–Crippen LogP) is 3.16. The van der Waals surface area contributed by atoms with E-state index in [2.05, 4.69) is 20.4 Å². The number of aromatic nitrogens is 2. The zero-order chi connectivity index (χ0) is 17.7. The largest absolute Gasteiger partial charge is 0.456 e. The zero-order valence-corrected chi connectivity index (χ0v) is 14.3. The van der Waals surface area contributed by atoms with Gasteiger partial charge in [-0.1, -0.05) is 19.9 Å². The van der Waals surface area contributed by atoms with Gasteiger partial charge in [-0.15, -0.1) is 0 Å². The average Bonchev–Trinajstić information content (AvgIpc) is 3.16. The molecule has 1 aromatic carbocycles. The molecule has 2 N–H and O–H groups in total. The summed E-state index contributed by atoms with van der Waals surface area (Å²) in [7, 11) is 0. The highest BCUT2D eigenvalue weighted by Gasteiger charge is 2.40. The maximum Gasteiger partial charge on any atom is 0.335 e. The van der Waals surface area contributed by atoms with Crippen molar-refractivity contribution in [3.05, 3.63) is 63.5 Å². The quantitative estimate of drug-likeness (QED) is 0.654. The van der Waals surface area contributed by atoms with Gasteiger partial charge in [0.05, 0.1) is 35.0 Å². The molecule has 0 spiro atoms. The molecule has 2 aliphatic heterocycles. The van der Waals surface area contributed by atoms with Gasteiger partial charge in [0, 0.05) is 11.1 Å². The number of allylic oxidation sites excluding steroid dienone is 2. The third kappa shape index (κ3) is 2.23. The number of fused-ring (bicyclic) bond motifs is 1. The van der Waals surface area contributed by atoms with Gasteiger partial charge in [0.1, 0.15) is 6.61 Å². The van der Waals surface area contributed by atoms with Gasteiger partial charge >= 0.3 is 5.97 Å². The molecule has 0 bridgehead atoms. The van der Waals surface area contributed by atoms with Gasteiger partial charge in [-0.2, -0.15) is 5.10 Å². The van der Waals surface area contributed by atoms with Gasteiger partial charge in [0.15, 0.2) is 5.70 Å². The molecular formula is C19H18N4O2. The van der Waals surface area contributed by atoms with E-state index in [4.69, 9.17) is 11.3 Å². The summed E-state index contributed by atoms with van der Waals surface area (Å²) in [6.07, 6.45) is 0. The van der Waals surface area contributed by atoms with Crippen molar-refractivity contribution in [3.63, 3.8) is 0 Å². The molecule has 6 heteroatoms. The van der Waals surface area contributed by atoms with E-state index in [-0.39, 0.29) is 18.5 Å². The highest BCUT2D eigenvalue weighted by molar-refractivity contribution is 5.95. The van der Waals surface area contributed by atoms with Crippen molar-refractivity contribution >= 4 is 16.9 Å². The number of hydrogen-bond donors (Lipinski definition) is 2. The Labute approximate surface area is 145 Å². The first-order valence-corrected chi connectivity index (χ1v) is 8.24. The van der Waals surface area contributed by atoms with Crippen LogP contribution in [-0.4, -0.2) is 22.8 Å². The van der Waals surface area contributed by atoms with Crippen molar-refractivity contribution in [3.8, 4) is 0 Å². The van der Waals surface area contributed by atoms with Crippen LogP contribution in [0.4, 0.5) is 0 Å². The minimum Gasteiger partial charge on any atom is -0.456 e. The number of rotatable bonds is 2. The summed E-state index contributed by atoms with van der Waals surface area (Å²) in [6, 6.07) is 5.92. The van der Waals surface area contributed by atoms with E-state index < -0.39 is 5.92 Å². The van der Waals surface area contributed by atoms with Gasteiger partial charge in [0.25, 0.3) is 0 Å². The van der Waals surface area contributed by atoms with Crippen LogP contribution in [0.25, 0.3) is 15.7 Å². The molecule has 0 aliphatic carbocycles. The number of carbonyl (C=O) groups excluding carboxylic acids is 1. The lowest BCUT2D eigenvalue weighted by atomic mass is 9.82. The first-order chi connectivity index (χ1) is 12.0. The summed E-state index contributed by atoms with van der Waals surface area (Å²) in [4.78, 5) is 16.1. The fraction of sp³-hybridized carbons (Fsp3) is 0.316. The number of cyclic esters (lactones) is 1. The number of aromatic amines is 1. The van der Waals surface area contributed by atoms with E-state index in [0.29, 0.717) is 11.3 Å². The molecule has 1 atom stereocenters. The van der Waals surface area contributed by atoms with E-state index in [0.717, 1.165) is 33.6 Å². The van der Waals surface area contributed by atoms with E-state index in [1.165, 1.54) is 0 Å². The third-order valence-corrected chi connectivity index (χ3v) is 4.82. The molecule has 2 aromatic rings. The lowest BCUT2D eigenvalue weighted by Gasteiger charge is -2.28. The number of benzene rings is 1. The van der Waals surface area contributed by atoms with Gasteiger partial charge in [-0.25, -0.2) is 9.64 Å². The number of nitrogens with zero attached hydrogens (tertiary/aromatic N) is 2. The van der Waals surface area contributed by atoms with Gasteiger partial charge in [0.2, 0.25) is 0 Å². The molecule has 0 saturated carbocycles. The number of hydrogen-bond acceptors (Lipinski definition) is 4. The summed E-state index contributed by atoms with van der Waals surface area (Å²) in [5.41, 5.74) is 5.50. The number of esters is 1. The van der Waals surface area contributed by atoms with Crippen molar-refractivity contribution in [1.82, 2.24) is 15.5 Å². The summed E-state index contributed by atoms with van der Waals surface area (Å²) >= 11 is 0. The summed E-state index contributed by atoms with van der Waals surface area (Å²) in [5, 5.41) is 11.5. The third-order valence-electron chi connectivity index (χ3n) is 4.82. The lowest BCUT2D eigenvalue weighted by Crippen LogP contribution is -2.28. The number of aryl methyl sites for hydroxylation is 1. The molecule has 25 heavy (non-hydrogen) atoms. The summed E-state index contributed by atoms with van der Waals surface area (Å²) in [5.74, 6) is -0.601. The van der Waals surface area contributed by atoms with Crippen LogP contribution in [0.5, 0.6) is 0 Å². The van der Waals surface area contributed by atoms with Crippen LogP contribution in [-0.2, 0) is 9.53 Å². The Kier molecular flexibility index (Phi) is 3.39. The van der Waals surface area contributed by atoms with Gasteiger partial charge in [-0.05, 0) is 30.5 Å². The molecule has 0 fully saturated rings. The monoisotopic (exact) mass is 334 g/mol. The van der Waals surface area contributed by atoms with E-state index in [1.54, 1.807) is 0 Å². The Morgan fingerprint density at radius 1 is 1.40 bits per heavy atom. The first kappa shape index (κ1) is 15.5. The summed E-state index contributed by atoms with van der Waals surface area (Å²) < 4.78 is 5.25. The Morgan fingerprint density at radius 2 is 2.20 bits per heavy atom. The van der Waals surface area contributed by atoms with Crippen LogP contribution < -0.4 is 5.32 Å². The fourth-order valence-corrected chi connectivity index (χ4v) is 3.56. The van der Waals surface area contributed by atoms with Crippen molar-refractivity contribution in [2.75, 3.05) is 6.61 Å². The molecule has 1 unspecified atom stereocenters. The highest BCUT2D eigenvalue weighted by atomic mass is 16.5. The maximum atomic E-state index is 12.3. The smallest absolute Gasteiger partial charge is 0.335 e. The molecule has 0 saturated heterocycles. The van der Waals surface area contributed by atoms with Crippen LogP contribution in [0.2, 0.25) is 0 Å². The number of H-pyrrole nitrogens is 1. The van der Waals surface area contributed by atoms with Crippen LogP contribution in [0.15, 0.2) is 40.9 Å². The molecule has 0 radical (unpaired) electrons. The number of carbonyl (C=O) groups is 1. The standard InChI is InChI=1S/C19H18N4O2/c1-9(2)17-18(20-4)15(16-14(21-17)8-25-19(16)24)11-5-6-13-12(7-11)10(3)22-23-13/h5-7,9,15,21H,8H2,1-3H3,(H,22,23). The normalized spacial score (nSPS) is 20.0. The summed E-state index contributed by atoms with van der Waals surface area (Å²) in [6.45, 7) is 14.0. The number of nitrogens with one attached hydrogen (secondary N) is 2. The van der Waals surface area contributed by atoms with Crippen LogP contribution >= 0.6 is 0 Å². The SMILES string of the molecule is [C-]#[N+]C1=C(C(C)C)NC2=C(C(=O)OC2)C1c1ccc2[nH]nc(C)c2c1. The molecule has 1 aromatic heterocycles. The topological polar surface area (TPSA) is 71.4 Å². The van der Waals surface area contributed by atoms with Gasteiger partial charge < -0.3 is 10.1 Å². The van der Waals surface area contributed by atoms with Crippen molar-refractivity contribution in [1.29, 1.82) is 0 Å². The second-order valence-corrected chi connectivity index (χ2v) is 6.71. The molecule has 2 aliphatic rings. The second-order valence-electron chi connectivity index (χ2n) is 6.71. The van der Waals surface area contributed by atoms with E-state index in [1.807, 2.05) is 39.0 Å². The molecule has 126 valence electrons. The number of ether oxygens (including phenoxy) is 1. The molecule has 0 amide bonds. The van der Waals surface area contributed by atoms with Crippen LogP contribution in [0.1, 0.15) is 31.0 Å².